The number of nitrogens with two attached hydrogens (primary N) is 1. The number of hydrogen-bond acceptors (Lipinski definition) is 5. The number of nitrogen functional groups attached to an aromatic ring is 1. The molecule has 0 fully saturated rings. The fraction of sp³-hybridized carbons (Fsp3) is 0.467. The molecule has 0 spiro atoms. The highest BCUT2D eigenvalue weighted by Crippen LogP contribution is 2.22. The highest BCUT2D eigenvalue weighted by atomic mass is 16.5. The third-order valence-corrected chi connectivity index (χ3v) is 2.59. The molecule has 1 rings (SSSR count). The molecule has 1 aromatic carbocycles. The first-order valence-electron chi connectivity index (χ1n) is 6.60. The first-order valence-corrected chi connectivity index (χ1v) is 6.60. The van der Waals surface area contributed by atoms with Gasteiger partial charge in [-0.15, -0.1) is 0 Å². The van der Waals surface area contributed by atoms with E-state index in [1.165, 1.54) is 20.1 Å². The first kappa shape index (κ1) is 16.8. The van der Waals surface area contributed by atoms with Gasteiger partial charge in [0.2, 0.25) is 0 Å². The molecule has 0 aromatic heterocycles. The summed E-state index contributed by atoms with van der Waals surface area (Å²) in [6.07, 6.45) is -0.914. The van der Waals surface area contributed by atoms with Gasteiger partial charge in [-0.25, -0.2) is 4.79 Å². The van der Waals surface area contributed by atoms with Crippen molar-refractivity contribution in [3.63, 3.8) is 0 Å². The largest absolute Gasteiger partial charge is 0.496 e. The van der Waals surface area contributed by atoms with Gasteiger partial charge < -0.3 is 20.5 Å². The van der Waals surface area contributed by atoms with Crippen molar-refractivity contribution in [1.82, 2.24) is 5.32 Å². The lowest BCUT2D eigenvalue weighted by molar-refractivity contribution is -0.130. The van der Waals surface area contributed by atoms with Crippen LogP contribution >= 0.6 is 0 Å². The second-order valence-electron chi connectivity index (χ2n) is 5.75. The zero-order valence-corrected chi connectivity index (χ0v) is 13.0. The normalized spacial score (nSPS) is 12.4. The van der Waals surface area contributed by atoms with E-state index < -0.39 is 17.6 Å². The predicted octanol–water partition coefficient (Wildman–Crippen LogP) is 1.74. The minimum atomic E-state index is -0.914. The molecule has 0 aliphatic carbocycles. The summed E-state index contributed by atoms with van der Waals surface area (Å²) in [5, 5.41) is 2.74. The van der Waals surface area contributed by atoms with E-state index in [1.54, 1.807) is 12.1 Å². The summed E-state index contributed by atoms with van der Waals surface area (Å²) < 4.78 is 10.2. The van der Waals surface area contributed by atoms with Crippen molar-refractivity contribution >= 4 is 17.6 Å². The van der Waals surface area contributed by atoms with Crippen molar-refractivity contribution < 1.29 is 19.1 Å². The number of rotatable bonds is 4. The van der Waals surface area contributed by atoms with Crippen LogP contribution in [0, 0.1) is 0 Å². The smallest absolute Gasteiger partial charge is 0.342 e. The maximum absolute atomic E-state index is 12.1. The lowest BCUT2D eigenvalue weighted by Crippen LogP contribution is -2.46. The van der Waals surface area contributed by atoms with E-state index in [-0.39, 0.29) is 11.5 Å². The number of carbonyl (C=O) groups excluding carboxylic acids is 2. The Labute approximate surface area is 124 Å². The number of hydrogen-bond donors (Lipinski definition) is 2. The summed E-state index contributed by atoms with van der Waals surface area (Å²) in [6, 6.07) is 4.65. The van der Waals surface area contributed by atoms with Crippen LogP contribution < -0.4 is 15.8 Å². The van der Waals surface area contributed by atoms with Crippen LogP contribution in [0.5, 0.6) is 5.75 Å². The van der Waals surface area contributed by atoms with Crippen molar-refractivity contribution in [1.29, 1.82) is 0 Å². The van der Waals surface area contributed by atoms with Crippen LogP contribution in [0.1, 0.15) is 38.1 Å². The number of nitrogens with one attached hydrogen (secondary N) is 1. The Hall–Kier alpha value is -2.24. The first-order chi connectivity index (χ1) is 9.64. The van der Waals surface area contributed by atoms with Crippen LogP contribution in [0.3, 0.4) is 0 Å². The van der Waals surface area contributed by atoms with Gasteiger partial charge in [-0.3, -0.25) is 4.79 Å². The second kappa shape index (κ2) is 6.47. The summed E-state index contributed by atoms with van der Waals surface area (Å²) in [5.41, 5.74) is 5.85. The minimum absolute atomic E-state index is 0.188. The van der Waals surface area contributed by atoms with Gasteiger partial charge in [-0.05, 0) is 45.9 Å². The van der Waals surface area contributed by atoms with Crippen LogP contribution in [0.2, 0.25) is 0 Å². The van der Waals surface area contributed by atoms with E-state index in [2.05, 4.69) is 5.32 Å². The Morgan fingerprint density at radius 2 is 1.90 bits per heavy atom. The Balaban J connectivity index is 2.81. The standard InChI is InChI=1S/C15H22N2O4/c1-9(13(18)17-15(2,3)4)21-14(19)11-8-10(16)6-7-12(11)20-5/h6-9H,16H2,1-5H3,(H,17,18). The molecule has 6 nitrogen and oxygen atoms in total. The molecule has 116 valence electrons. The highest BCUT2D eigenvalue weighted by molar-refractivity contribution is 5.95. The van der Waals surface area contributed by atoms with Crippen molar-refractivity contribution in [2.45, 2.75) is 39.3 Å². The van der Waals surface area contributed by atoms with Gasteiger partial charge in [0, 0.05) is 11.2 Å². The van der Waals surface area contributed by atoms with Gasteiger partial charge in [-0.2, -0.15) is 0 Å². The Bertz CT molecular complexity index is 535. The Kier molecular flexibility index (Phi) is 5.18. The van der Waals surface area contributed by atoms with Crippen molar-refractivity contribution in [3.8, 4) is 5.75 Å². The van der Waals surface area contributed by atoms with Crippen LogP contribution in [-0.4, -0.2) is 30.6 Å². The monoisotopic (exact) mass is 294 g/mol. The van der Waals surface area contributed by atoms with Gasteiger partial charge in [-0.1, -0.05) is 0 Å². The molecule has 6 heteroatoms. The van der Waals surface area contributed by atoms with Crippen molar-refractivity contribution in [3.05, 3.63) is 23.8 Å². The summed E-state index contributed by atoms with van der Waals surface area (Å²) >= 11 is 0. The van der Waals surface area contributed by atoms with Gasteiger partial charge >= 0.3 is 5.97 Å². The predicted molar refractivity (Wildman–Crippen MR) is 80.2 cm³/mol. The zero-order chi connectivity index (χ0) is 16.2. The number of esters is 1. The molecule has 0 aliphatic rings. The summed E-state index contributed by atoms with van der Waals surface area (Å²) in [5.74, 6) is -0.674. The number of amides is 1. The van der Waals surface area contributed by atoms with Crippen LogP contribution in [0.4, 0.5) is 5.69 Å². The third-order valence-electron chi connectivity index (χ3n) is 2.59. The average molecular weight is 294 g/mol. The van der Waals surface area contributed by atoms with E-state index in [9.17, 15) is 9.59 Å². The number of benzene rings is 1. The summed E-state index contributed by atoms with van der Waals surface area (Å²) in [7, 11) is 1.44. The number of ether oxygens (including phenoxy) is 2. The molecule has 1 unspecified atom stereocenters. The van der Waals surface area contributed by atoms with Gasteiger partial charge in [0.05, 0.1) is 7.11 Å². The molecule has 21 heavy (non-hydrogen) atoms. The third kappa shape index (κ3) is 4.98. The molecule has 0 aliphatic heterocycles. The van der Waals surface area contributed by atoms with E-state index >= 15 is 0 Å². The number of carbonyl (C=O) groups is 2. The molecular weight excluding hydrogens is 272 g/mol. The van der Waals surface area contributed by atoms with Crippen molar-refractivity contribution in [2.75, 3.05) is 12.8 Å². The van der Waals surface area contributed by atoms with E-state index in [0.29, 0.717) is 11.4 Å². The topological polar surface area (TPSA) is 90.7 Å². The van der Waals surface area contributed by atoms with Crippen LogP contribution in [-0.2, 0) is 9.53 Å². The quantitative estimate of drug-likeness (QED) is 0.652. The van der Waals surface area contributed by atoms with Crippen LogP contribution in [0.15, 0.2) is 18.2 Å². The van der Waals surface area contributed by atoms with Crippen molar-refractivity contribution in [2.24, 2.45) is 0 Å². The number of methoxy groups -OCH3 is 1. The lowest BCUT2D eigenvalue weighted by atomic mass is 10.1. The molecule has 1 amide bonds. The molecule has 1 aromatic rings. The highest BCUT2D eigenvalue weighted by Gasteiger charge is 2.24. The molecule has 3 N–H and O–H groups in total. The molecule has 1 atom stereocenters. The Morgan fingerprint density at radius 3 is 2.43 bits per heavy atom. The zero-order valence-electron chi connectivity index (χ0n) is 13.0. The summed E-state index contributed by atoms with van der Waals surface area (Å²) in [4.78, 5) is 24.0. The molecule has 0 saturated heterocycles. The fourth-order valence-corrected chi connectivity index (χ4v) is 1.63. The average Bonchev–Trinajstić information content (AvgIpc) is 2.36. The molecule has 0 radical (unpaired) electrons. The number of anilines is 1. The molecule has 0 heterocycles. The second-order valence-corrected chi connectivity index (χ2v) is 5.75. The maximum atomic E-state index is 12.1. The minimum Gasteiger partial charge on any atom is -0.496 e. The SMILES string of the molecule is COc1ccc(N)cc1C(=O)OC(C)C(=O)NC(C)(C)C. The molecular formula is C15H22N2O4. The molecule has 0 saturated carbocycles. The van der Waals surface area contributed by atoms with E-state index in [4.69, 9.17) is 15.2 Å². The maximum Gasteiger partial charge on any atom is 0.342 e. The Morgan fingerprint density at radius 1 is 1.29 bits per heavy atom. The van der Waals surface area contributed by atoms with Gasteiger partial charge in [0.15, 0.2) is 6.10 Å². The fourth-order valence-electron chi connectivity index (χ4n) is 1.63. The summed E-state index contributed by atoms with van der Waals surface area (Å²) in [6.45, 7) is 7.05. The lowest BCUT2D eigenvalue weighted by Gasteiger charge is -2.23. The van der Waals surface area contributed by atoms with Gasteiger partial charge in [0.1, 0.15) is 11.3 Å². The van der Waals surface area contributed by atoms with Gasteiger partial charge in [0.25, 0.3) is 5.91 Å². The van der Waals surface area contributed by atoms with E-state index in [0.717, 1.165) is 0 Å². The van der Waals surface area contributed by atoms with E-state index in [1.807, 2.05) is 20.8 Å². The van der Waals surface area contributed by atoms with Crippen LogP contribution in [0.25, 0.3) is 0 Å². The molecule has 0 bridgehead atoms.